The lowest BCUT2D eigenvalue weighted by Gasteiger charge is -2.20. The second kappa shape index (κ2) is 7.19. The van der Waals surface area contributed by atoms with Crippen molar-refractivity contribution in [2.24, 2.45) is 0 Å². The summed E-state index contributed by atoms with van der Waals surface area (Å²) in [5.41, 5.74) is 0.226. The van der Waals surface area contributed by atoms with Crippen molar-refractivity contribution in [1.29, 1.82) is 0 Å². The molecule has 1 rings (SSSR count). The van der Waals surface area contributed by atoms with E-state index in [1.54, 1.807) is 45.0 Å². The van der Waals surface area contributed by atoms with E-state index < -0.39 is 23.6 Å². The van der Waals surface area contributed by atoms with Gasteiger partial charge in [0.05, 0.1) is 5.56 Å². The Morgan fingerprint density at radius 3 is 2.29 bits per heavy atom. The molecule has 0 fully saturated rings. The zero-order valence-corrected chi connectivity index (χ0v) is 12.6. The molecule has 6 heteroatoms. The molecule has 0 saturated heterocycles. The van der Waals surface area contributed by atoms with Gasteiger partial charge in [-0.3, -0.25) is 10.1 Å². The van der Waals surface area contributed by atoms with Crippen LogP contribution in [0.15, 0.2) is 24.3 Å². The third kappa shape index (κ3) is 5.17. The summed E-state index contributed by atoms with van der Waals surface area (Å²) >= 11 is 0. The van der Waals surface area contributed by atoms with Crippen LogP contribution in [0.3, 0.4) is 0 Å². The monoisotopic (exact) mass is 296 g/mol. The van der Waals surface area contributed by atoms with E-state index in [4.69, 9.17) is 14.7 Å². The maximum absolute atomic E-state index is 11.8. The van der Waals surface area contributed by atoms with Gasteiger partial charge in [0, 0.05) is 6.92 Å². The maximum Gasteiger partial charge on any atom is 0.338 e. The van der Waals surface area contributed by atoms with Gasteiger partial charge in [-0.05, 0) is 38.5 Å². The first-order chi connectivity index (χ1) is 9.76. The van der Waals surface area contributed by atoms with Crippen molar-refractivity contribution in [2.45, 2.75) is 39.4 Å². The van der Waals surface area contributed by atoms with E-state index in [0.29, 0.717) is 5.56 Å². The number of hydrogen-bond acceptors (Lipinski definition) is 6. The molecule has 0 amide bonds. The summed E-state index contributed by atoms with van der Waals surface area (Å²) in [4.78, 5) is 26.9. The van der Waals surface area contributed by atoms with Crippen molar-refractivity contribution in [3.8, 4) is 0 Å². The number of benzene rings is 1. The molecule has 0 spiro atoms. The van der Waals surface area contributed by atoms with Crippen molar-refractivity contribution < 1.29 is 29.2 Å². The minimum atomic E-state index is -0.855. The van der Waals surface area contributed by atoms with Gasteiger partial charge >= 0.3 is 11.9 Å². The molecule has 0 aliphatic rings. The molecule has 0 bridgehead atoms. The molecule has 0 saturated carbocycles. The Morgan fingerprint density at radius 1 is 1.24 bits per heavy atom. The minimum Gasteiger partial charge on any atom is -0.459 e. The molecular formula is C15H20O6. The zero-order chi connectivity index (χ0) is 16.0. The fraction of sp³-hybridized carbons (Fsp3) is 0.467. The lowest BCUT2D eigenvalue weighted by atomic mass is 9.97. The van der Waals surface area contributed by atoms with Gasteiger partial charge in [-0.15, -0.1) is 0 Å². The first-order valence-electron chi connectivity index (χ1n) is 6.53. The standard InChI is InChI=1S/C15H20O6/c1-10(20-11(2)16)9-19-14(17)12-5-7-13(8-6-12)15(3,4)21-18/h5-8,10,18H,9H2,1-4H3. The van der Waals surface area contributed by atoms with E-state index in [-0.39, 0.29) is 6.61 Å². The molecule has 1 aromatic rings. The van der Waals surface area contributed by atoms with Crippen LogP contribution < -0.4 is 0 Å². The van der Waals surface area contributed by atoms with Crippen LogP contribution in [0, 0.1) is 0 Å². The molecule has 1 N–H and O–H groups in total. The lowest BCUT2D eigenvalue weighted by molar-refractivity contribution is -0.318. The highest BCUT2D eigenvalue weighted by Crippen LogP contribution is 2.23. The van der Waals surface area contributed by atoms with Crippen LogP contribution in [0.5, 0.6) is 0 Å². The summed E-state index contributed by atoms with van der Waals surface area (Å²) in [5, 5.41) is 8.81. The van der Waals surface area contributed by atoms with Crippen molar-refractivity contribution in [1.82, 2.24) is 0 Å². The van der Waals surface area contributed by atoms with Crippen LogP contribution in [0.1, 0.15) is 43.6 Å². The zero-order valence-electron chi connectivity index (χ0n) is 12.6. The molecule has 1 aromatic carbocycles. The summed E-state index contributed by atoms with van der Waals surface area (Å²) in [5.74, 6) is -0.933. The van der Waals surface area contributed by atoms with Gasteiger partial charge in [0.25, 0.3) is 0 Å². The van der Waals surface area contributed by atoms with Gasteiger partial charge in [0.15, 0.2) is 0 Å². The second-order valence-corrected chi connectivity index (χ2v) is 5.20. The van der Waals surface area contributed by atoms with E-state index in [9.17, 15) is 9.59 Å². The van der Waals surface area contributed by atoms with Crippen LogP contribution in [0.2, 0.25) is 0 Å². The maximum atomic E-state index is 11.8. The van der Waals surface area contributed by atoms with Crippen molar-refractivity contribution in [2.75, 3.05) is 6.61 Å². The summed E-state index contributed by atoms with van der Waals surface area (Å²) in [6.07, 6.45) is -0.493. The molecule has 21 heavy (non-hydrogen) atoms. The van der Waals surface area contributed by atoms with Gasteiger partial charge in [-0.1, -0.05) is 12.1 Å². The topological polar surface area (TPSA) is 82.1 Å². The number of ether oxygens (including phenoxy) is 2. The number of carbonyl (C=O) groups excluding carboxylic acids is 2. The van der Waals surface area contributed by atoms with E-state index in [1.165, 1.54) is 6.92 Å². The van der Waals surface area contributed by atoms with Gasteiger partial charge in [-0.2, -0.15) is 0 Å². The van der Waals surface area contributed by atoms with Crippen LogP contribution in [0.25, 0.3) is 0 Å². The average molecular weight is 296 g/mol. The molecule has 6 nitrogen and oxygen atoms in total. The smallest absolute Gasteiger partial charge is 0.338 e. The fourth-order valence-electron chi connectivity index (χ4n) is 1.65. The summed E-state index contributed by atoms with van der Waals surface area (Å²) in [6, 6.07) is 6.49. The van der Waals surface area contributed by atoms with Crippen molar-refractivity contribution in [3.05, 3.63) is 35.4 Å². The van der Waals surface area contributed by atoms with Gasteiger partial charge < -0.3 is 9.47 Å². The lowest BCUT2D eigenvalue weighted by Crippen LogP contribution is -2.21. The third-order valence-corrected chi connectivity index (χ3v) is 2.86. The predicted molar refractivity (Wildman–Crippen MR) is 74.7 cm³/mol. The van der Waals surface area contributed by atoms with Crippen LogP contribution >= 0.6 is 0 Å². The molecular weight excluding hydrogens is 276 g/mol. The van der Waals surface area contributed by atoms with Crippen molar-refractivity contribution >= 4 is 11.9 Å². The third-order valence-electron chi connectivity index (χ3n) is 2.86. The molecule has 1 atom stereocenters. The molecule has 116 valence electrons. The normalized spacial score (nSPS) is 12.6. The molecule has 0 radical (unpaired) electrons. The Hall–Kier alpha value is -1.92. The molecule has 0 heterocycles. The highest BCUT2D eigenvalue weighted by Gasteiger charge is 2.22. The van der Waals surface area contributed by atoms with Crippen LogP contribution in [-0.2, 0) is 24.8 Å². The van der Waals surface area contributed by atoms with Gasteiger partial charge in [-0.25, -0.2) is 9.68 Å². The Kier molecular flexibility index (Phi) is 5.87. The second-order valence-electron chi connectivity index (χ2n) is 5.20. The highest BCUT2D eigenvalue weighted by atomic mass is 17.1. The Labute approximate surface area is 123 Å². The minimum absolute atomic E-state index is 0.00852. The first-order valence-corrected chi connectivity index (χ1v) is 6.53. The fourth-order valence-corrected chi connectivity index (χ4v) is 1.65. The van der Waals surface area contributed by atoms with E-state index >= 15 is 0 Å². The molecule has 1 unspecified atom stereocenters. The largest absolute Gasteiger partial charge is 0.459 e. The summed E-state index contributed by atoms with van der Waals surface area (Å²) in [6.45, 7) is 6.31. The van der Waals surface area contributed by atoms with E-state index in [2.05, 4.69) is 4.89 Å². The predicted octanol–water partition coefficient (Wildman–Crippen LogP) is 2.52. The first kappa shape index (κ1) is 17.1. The van der Waals surface area contributed by atoms with Crippen LogP contribution in [0.4, 0.5) is 0 Å². The van der Waals surface area contributed by atoms with Crippen molar-refractivity contribution in [3.63, 3.8) is 0 Å². The molecule has 0 aromatic heterocycles. The SMILES string of the molecule is CC(=O)OC(C)COC(=O)c1ccc(C(C)(C)OO)cc1. The summed E-state index contributed by atoms with van der Waals surface area (Å²) in [7, 11) is 0. The Balaban J connectivity index is 2.62. The molecule has 0 aliphatic carbocycles. The number of hydrogen-bond donors (Lipinski definition) is 1. The van der Waals surface area contributed by atoms with E-state index in [0.717, 1.165) is 5.56 Å². The number of esters is 2. The number of rotatable bonds is 6. The van der Waals surface area contributed by atoms with Gasteiger partial charge in [0.2, 0.25) is 0 Å². The van der Waals surface area contributed by atoms with Gasteiger partial charge in [0.1, 0.15) is 18.3 Å². The average Bonchev–Trinajstić information content (AvgIpc) is 2.44. The molecule has 0 aliphatic heterocycles. The quantitative estimate of drug-likeness (QED) is 0.493. The summed E-state index contributed by atoms with van der Waals surface area (Å²) < 4.78 is 9.90. The van der Waals surface area contributed by atoms with E-state index in [1.807, 2.05) is 0 Å². The number of carbonyl (C=O) groups is 2. The van der Waals surface area contributed by atoms with Crippen LogP contribution in [-0.4, -0.2) is 29.9 Å². The Bertz CT molecular complexity index is 491. The highest BCUT2D eigenvalue weighted by molar-refractivity contribution is 5.89. The Morgan fingerprint density at radius 2 is 1.81 bits per heavy atom.